The number of nitriles is 1. The van der Waals surface area contributed by atoms with Gasteiger partial charge in [-0.3, -0.25) is 4.79 Å². The van der Waals surface area contributed by atoms with E-state index in [-0.39, 0.29) is 18.2 Å². The van der Waals surface area contributed by atoms with Crippen LogP contribution in [-0.2, 0) is 16.1 Å². The second-order valence-electron chi connectivity index (χ2n) is 10.5. The van der Waals surface area contributed by atoms with Crippen LogP contribution in [0.15, 0.2) is 60.2 Å². The first-order valence-corrected chi connectivity index (χ1v) is 16.6. The Balaban J connectivity index is -0.000000728. The first-order valence-electron chi connectivity index (χ1n) is 16.2. The van der Waals surface area contributed by atoms with E-state index >= 15 is 0 Å². The predicted molar refractivity (Wildman–Crippen MR) is 196 cm³/mol. The summed E-state index contributed by atoms with van der Waals surface area (Å²) in [7, 11) is 0. The molecule has 1 unspecified atom stereocenters. The lowest BCUT2D eigenvalue weighted by Gasteiger charge is -2.09. The van der Waals surface area contributed by atoms with Crippen LogP contribution in [0.1, 0.15) is 120 Å². The van der Waals surface area contributed by atoms with Crippen molar-refractivity contribution in [1.29, 1.82) is 5.26 Å². The molecule has 0 N–H and O–H groups in total. The third-order valence-corrected chi connectivity index (χ3v) is 6.78. The Hall–Kier alpha value is -3.16. The van der Waals surface area contributed by atoms with Gasteiger partial charge in [-0.05, 0) is 63.0 Å². The van der Waals surface area contributed by atoms with E-state index in [2.05, 4.69) is 81.0 Å². The van der Waals surface area contributed by atoms with Crippen molar-refractivity contribution in [1.82, 2.24) is 4.57 Å². The maximum Gasteiger partial charge on any atom is 0.152 e. The zero-order valence-corrected chi connectivity index (χ0v) is 30.9. The fourth-order valence-electron chi connectivity index (χ4n) is 3.62. The summed E-state index contributed by atoms with van der Waals surface area (Å²) in [6.45, 7) is 30.4. The molecule has 1 atom stereocenters. The van der Waals surface area contributed by atoms with Gasteiger partial charge in [0.2, 0.25) is 0 Å². The molecule has 0 radical (unpaired) electrons. The van der Waals surface area contributed by atoms with Gasteiger partial charge in [0.15, 0.2) is 5.78 Å². The van der Waals surface area contributed by atoms with E-state index in [1.54, 1.807) is 0 Å². The molecule has 1 aromatic carbocycles. The lowest BCUT2D eigenvalue weighted by molar-refractivity contribution is -0.112. The van der Waals surface area contributed by atoms with Crippen LogP contribution in [0.2, 0.25) is 5.02 Å². The number of carbonyl (C=O) groups is 2. The SMILES string of the molecule is C=CC(C)=O.CC.CC1=CC(c2c(C)n(CC=O)c3ccc(Cl)cc23)=C(C#N)C=CC1C.CCC.CCC.CCC(C)CC. The topological polar surface area (TPSA) is 62.9 Å². The number of nitrogens with zero attached hydrogens (tertiary/aromatic N) is 2. The molecule has 1 heterocycles. The summed E-state index contributed by atoms with van der Waals surface area (Å²) < 4.78 is 1.97. The quantitative estimate of drug-likeness (QED) is 0.237. The second kappa shape index (κ2) is 27.4. The van der Waals surface area contributed by atoms with Crippen molar-refractivity contribution in [3.8, 4) is 6.07 Å². The number of hydrogen-bond acceptors (Lipinski definition) is 3. The normalized spacial score (nSPS) is 13.0. The highest BCUT2D eigenvalue weighted by molar-refractivity contribution is 6.31. The minimum absolute atomic E-state index is 0.0185. The largest absolute Gasteiger partial charge is 0.337 e. The fraction of sp³-hybridized carbons (Fsp3) is 0.513. The number of benzene rings is 1. The van der Waals surface area contributed by atoms with Crippen LogP contribution in [0.3, 0.4) is 0 Å². The first-order chi connectivity index (χ1) is 20.9. The van der Waals surface area contributed by atoms with Crippen molar-refractivity contribution in [3.05, 3.63) is 76.5 Å². The molecule has 2 aromatic rings. The van der Waals surface area contributed by atoms with E-state index in [9.17, 15) is 14.9 Å². The van der Waals surface area contributed by atoms with Crippen LogP contribution in [0.4, 0.5) is 0 Å². The number of carbonyl (C=O) groups excluding carboxylic acids is 2. The number of aldehydes is 1. The van der Waals surface area contributed by atoms with Crippen LogP contribution in [0.25, 0.3) is 16.5 Å². The molecule has 0 amide bonds. The molecule has 3 rings (SSSR count). The number of rotatable bonds is 6. The molecule has 1 aliphatic rings. The molecule has 1 aliphatic carbocycles. The standard InChI is InChI=1S/C21H19ClN2O.C6H14.C4H6O.2C3H8.C2H6/c1-13-4-5-16(12-23)18(10-14(13)2)21-15(3)24(8-9-25)20-7-6-17(22)11-19(20)21;1-4-6(3)5-2;1-3-4(2)5;2*1-3-2;1-2/h4-7,9-11,13H,8H2,1-3H3;6H,4-5H2,1-3H3;3H,1H2,2H3;2*3H2,1-2H3;1-2H3. The lowest BCUT2D eigenvalue weighted by atomic mass is 9.95. The summed E-state index contributed by atoms with van der Waals surface area (Å²) in [6.07, 6.45) is 13.3. The highest BCUT2D eigenvalue weighted by Gasteiger charge is 2.20. The van der Waals surface area contributed by atoms with E-state index in [0.29, 0.717) is 10.6 Å². The molecule has 44 heavy (non-hydrogen) atoms. The van der Waals surface area contributed by atoms with Crippen molar-refractivity contribution >= 4 is 40.1 Å². The molecule has 246 valence electrons. The van der Waals surface area contributed by atoms with E-state index in [0.717, 1.165) is 39.9 Å². The van der Waals surface area contributed by atoms with Crippen molar-refractivity contribution in [2.24, 2.45) is 11.8 Å². The van der Waals surface area contributed by atoms with Crippen molar-refractivity contribution in [3.63, 3.8) is 0 Å². The maximum absolute atomic E-state index is 11.2. The number of aromatic nitrogens is 1. The average Bonchev–Trinajstić information content (AvgIpc) is 3.18. The molecule has 4 nitrogen and oxygen atoms in total. The smallest absolute Gasteiger partial charge is 0.152 e. The Labute approximate surface area is 275 Å². The van der Waals surface area contributed by atoms with Crippen LogP contribution < -0.4 is 0 Å². The zero-order chi connectivity index (χ0) is 34.8. The van der Waals surface area contributed by atoms with Crippen molar-refractivity contribution in [2.45, 2.75) is 122 Å². The van der Waals surface area contributed by atoms with Crippen LogP contribution in [0.5, 0.6) is 0 Å². The second-order valence-corrected chi connectivity index (χ2v) is 11.0. The zero-order valence-electron chi connectivity index (χ0n) is 30.1. The molecular formula is C39H61ClN2O2. The van der Waals surface area contributed by atoms with E-state index in [4.69, 9.17) is 11.6 Å². The van der Waals surface area contributed by atoms with E-state index in [1.165, 1.54) is 44.3 Å². The third-order valence-electron chi connectivity index (χ3n) is 6.55. The van der Waals surface area contributed by atoms with Gasteiger partial charge >= 0.3 is 0 Å². The Morgan fingerprint density at radius 3 is 1.98 bits per heavy atom. The van der Waals surface area contributed by atoms with Crippen molar-refractivity contribution in [2.75, 3.05) is 0 Å². The fourth-order valence-corrected chi connectivity index (χ4v) is 3.79. The molecule has 0 saturated heterocycles. The molecule has 0 fully saturated rings. The summed E-state index contributed by atoms with van der Waals surface area (Å²) in [5.41, 5.74) is 5.57. The Bertz CT molecular complexity index is 1250. The van der Waals surface area contributed by atoms with E-state index in [1.807, 2.05) is 55.7 Å². The van der Waals surface area contributed by atoms with Gasteiger partial charge in [-0.1, -0.05) is 131 Å². The monoisotopic (exact) mass is 624 g/mol. The van der Waals surface area contributed by atoms with E-state index < -0.39 is 0 Å². The first kappa shape index (κ1) is 45.3. The van der Waals surface area contributed by atoms with Crippen molar-refractivity contribution < 1.29 is 9.59 Å². The summed E-state index contributed by atoms with van der Waals surface area (Å²) >= 11 is 6.23. The number of hydrogen-bond donors (Lipinski definition) is 0. The van der Waals surface area contributed by atoms with Gasteiger partial charge in [0, 0.05) is 32.8 Å². The van der Waals surface area contributed by atoms with Gasteiger partial charge in [0.1, 0.15) is 6.29 Å². The number of halogens is 1. The molecule has 5 heteroatoms. The third kappa shape index (κ3) is 16.6. The lowest BCUT2D eigenvalue weighted by Crippen LogP contribution is -2.01. The highest BCUT2D eigenvalue weighted by atomic mass is 35.5. The summed E-state index contributed by atoms with van der Waals surface area (Å²) in [6, 6.07) is 7.97. The molecule has 1 aromatic heterocycles. The average molecular weight is 625 g/mol. The molecule has 0 bridgehead atoms. The maximum atomic E-state index is 11.2. The van der Waals surface area contributed by atoms with Crippen LogP contribution >= 0.6 is 11.6 Å². The van der Waals surface area contributed by atoms with Gasteiger partial charge in [-0.2, -0.15) is 5.26 Å². The molecular weight excluding hydrogens is 564 g/mol. The Morgan fingerprint density at radius 1 is 1.09 bits per heavy atom. The van der Waals surface area contributed by atoms with Crippen LogP contribution in [-0.4, -0.2) is 16.6 Å². The van der Waals surface area contributed by atoms with Gasteiger partial charge in [-0.25, -0.2) is 0 Å². The highest BCUT2D eigenvalue weighted by Crippen LogP contribution is 2.37. The van der Waals surface area contributed by atoms with Gasteiger partial charge < -0.3 is 9.36 Å². The summed E-state index contributed by atoms with van der Waals surface area (Å²) in [4.78, 5) is 20.9. The minimum atomic E-state index is 0.0185. The Kier molecular flexibility index (Phi) is 28.2. The predicted octanol–water partition coefficient (Wildman–Crippen LogP) is 12.3. The van der Waals surface area contributed by atoms with Gasteiger partial charge in [0.05, 0.1) is 18.2 Å². The molecule has 0 saturated carbocycles. The number of allylic oxidation sites excluding steroid dienone is 7. The Morgan fingerprint density at radius 2 is 1.59 bits per heavy atom. The van der Waals surface area contributed by atoms with Crippen LogP contribution in [0, 0.1) is 30.1 Å². The summed E-state index contributed by atoms with van der Waals surface area (Å²) in [5.74, 6) is 1.23. The number of ketones is 1. The van der Waals surface area contributed by atoms with Gasteiger partial charge in [0.25, 0.3) is 0 Å². The number of fused-ring (bicyclic) bond motifs is 1. The van der Waals surface area contributed by atoms with Gasteiger partial charge in [-0.15, -0.1) is 0 Å². The molecule has 0 aliphatic heterocycles. The minimum Gasteiger partial charge on any atom is -0.337 e. The molecule has 0 spiro atoms. The summed E-state index contributed by atoms with van der Waals surface area (Å²) in [5, 5.41) is 11.3.